The molecule has 1 unspecified atom stereocenters. The van der Waals surface area contributed by atoms with Gasteiger partial charge in [-0.15, -0.1) is 0 Å². The molecule has 3 aromatic rings. The first-order valence-corrected chi connectivity index (χ1v) is 11.7. The van der Waals surface area contributed by atoms with Gasteiger partial charge < -0.3 is 14.8 Å². The van der Waals surface area contributed by atoms with Gasteiger partial charge in [-0.1, -0.05) is 48.5 Å². The molecular weight excluding hydrogens is 426 g/mol. The van der Waals surface area contributed by atoms with Crippen LogP contribution in [-0.2, 0) is 11.3 Å². The molecule has 0 spiro atoms. The minimum atomic E-state index is -0.211. The lowest BCUT2D eigenvalue weighted by molar-refractivity contribution is -0.121. The first kappa shape index (κ1) is 23.8. The van der Waals surface area contributed by atoms with Crippen molar-refractivity contribution >= 4 is 11.6 Å². The summed E-state index contributed by atoms with van der Waals surface area (Å²) in [6.45, 7) is 6.22. The highest BCUT2D eigenvalue weighted by Crippen LogP contribution is 2.28. The fourth-order valence-corrected chi connectivity index (χ4v) is 4.42. The summed E-state index contributed by atoms with van der Waals surface area (Å²) in [5.41, 5.74) is 4.07. The SMILES string of the molecule is COc1ccc(OC)c(CN2CCN(C(C)C(=O)Nc3ccccc3-c3ccccc3)CC2)c1. The number of carbonyl (C=O) groups excluding carboxylic acids is 1. The maximum Gasteiger partial charge on any atom is 0.241 e. The summed E-state index contributed by atoms with van der Waals surface area (Å²) in [5, 5.41) is 3.16. The van der Waals surface area contributed by atoms with Gasteiger partial charge in [-0.25, -0.2) is 0 Å². The van der Waals surface area contributed by atoms with Gasteiger partial charge in [-0.05, 0) is 36.8 Å². The Balaban J connectivity index is 1.36. The van der Waals surface area contributed by atoms with E-state index in [0.717, 1.165) is 66.6 Å². The zero-order valence-corrected chi connectivity index (χ0v) is 20.2. The molecule has 34 heavy (non-hydrogen) atoms. The van der Waals surface area contributed by atoms with Gasteiger partial charge in [0.2, 0.25) is 5.91 Å². The average Bonchev–Trinajstić information content (AvgIpc) is 2.89. The molecule has 1 amide bonds. The molecule has 0 saturated carbocycles. The van der Waals surface area contributed by atoms with Crippen LogP contribution in [0.1, 0.15) is 12.5 Å². The lowest BCUT2D eigenvalue weighted by Crippen LogP contribution is -2.52. The Morgan fingerprint density at radius 1 is 0.912 bits per heavy atom. The number of hydrogen-bond acceptors (Lipinski definition) is 5. The predicted octanol–water partition coefficient (Wildman–Crippen LogP) is 4.52. The quantitative estimate of drug-likeness (QED) is 0.537. The third-order valence-electron chi connectivity index (χ3n) is 6.49. The van der Waals surface area contributed by atoms with Crippen molar-refractivity contribution in [2.45, 2.75) is 19.5 Å². The van der Waals surface area contributed by atoms with Crippen molar-refractivity contribution in [3.8, 4) is 22.6 Å². The van der Waals surface area contributed by atoms with E-state index in [0.29, 0.717) is 0 Å². The second kappa shape index (κ2) is 11.2. The molecule has 1 aliphatic rings. The Bertz CT molecular complexity index is 1100. The summed E-state index contributed by atoms with van der Waals surface area (Å²) in [5.74, 6) is 1.72. The van der Waals surface area contributed by atoms with Crippen molar-refractivity contribution in [1.82, 2.24) is 9.80 Å². The number of para-hydroxylation sites is 1. The van der Waals surface area contributed by atoms with Gasteiger partial charge in [0.05, 0.1) is 20.3 Å². The lowest BCUT2D eigenvalue weighted by atomic mass is 10.0. The second-order valence-electron chi connectivity index (χ2n) is 8.57. The maximum absolute atomic E-state index is 13.1. The Morgan fingerprint density at radius 2 is 1.62 bits per heavy atom. The molecule has 1 fully saturated rings. The van der Waals surface area contributed by atoms with Crippen molar-refractivity contribution in [1.29, 1.82) is 0 Å². The molecule has 0 aliphatic carbocycles. The number of benzene rings is 3. The van der Waals surface area contributed by atoms with Gasteiger partial charge in [0, 0.05) is 49.5 Å². The normalized spacial score (nSPS) is 15.5. The molecule has 6 nitrogen and oxygen atoms in total. The first-order chi connectivity index (χ1) is 16.6. The number of ether oxygens (including phenoxy) is 2. The van der Waals surface area contributed by atoms with E-state index < -0.39 is 0 Å². The molecule has 1 heterocycles. The molecule has 1 aliphatic heterocycles. The van der Waals surface area contributed by atoms with Crippen LogP contribution in [0.15, 0.2) is 72.8 Å². The molecule has 0 bridgehead atoms. The fourth-order valence-electron chi connectivity index (χ4n) is 4.42. The number of nitrogens with one attached hydrogen (secondary N) is 1. The second-order valence-corrected chi connectivity index (χ2v) is 8.57. The minimum absolute atomic E-state index is 0.0197. The molecule has 6 heteroatoms. The van der Waals surface area contributed by atoms with Gasteiger partial charge in [0.25, 0.3) is 0 Å². The van der Waals surface area contributed by atoms with Crippen molar-refractivity contribution in [2.75, 3.05) is 45.7 Å². The van der Waals surface area contributed by atoms with E-state index in [-0.39, 0.29) is 11.9 Å². The Labute approximate surface area is 202 Å². The van der Waals surface area contributed by atoms with E-state index in [1.165, 1.54) is 0 Å². The number of piperazine rings is 1. The molecule has 3 aromatic carbocycles. The summed E-state index contributed by atoms with van der Waals surface area (Å²) in [6.07, 6.45) is 0. The largest absolute Gasteiger partial charge is 0.497 e. The molecular formula is C28H33N3O3. The van der Waals surface area contributed by atoms with Gasteiger partial charge >= 0.3 is 0 Å². The topological polar surface area (TPSA) is 54.0 Å². The number of anilines is 1. The van der Waals surface area contributed by atoms with Gasteiger partial charge in [0.15, 0.2) is 0 Å². The number of carbonyl (C=O) groups is 1. The van der Waals surface area contributed by atoms with Crippen molar-refractivity contribution in [3.63, 3.8) is 0 Å². The van der Waals surface area contributed by atoms with Crippen molar-refractivity contribution in [3.05, 3.63) is 78.4 Å². The minimum Gasteiger partial charge on any atom is -0.497 e. The molecule has 178 valence electrons. The third kappa shape index (κ3) is 5.58. The molecule has 1 atom stereocenters. The van der Waals surface area contributed by atoms with Crippen molar-refractivity contribution in [2.24, 2.45) is 0 Å². The van der Waals surface area contributed by atoms with Crippen LogP contribution < -0.4 is 14.8 Å². The predicted molar refractivity (Wildman–Crippen MR) is 136 cm³/mol. The Kier molecular flexibility index (Phi) is 7.83. The Morgan fingerprint density at radius 3 is 2.32 bits per heavy atom. The van der Waals surface area contributed by atoms with E-state index in [2.05, 4.69) is 27.2 Å². The number of nitrogens with zero attached hydrogens (tertiary/aromatic N) is 2. The lowest BCUT2D eigenvalue weighted by Gasteiger charge is -2.37. The highest BCUT2D eigenvalue weighted by molar-refractivity contribution is 5.98. The smallest absolute Gasteiger partial charge is 0.241 e. The molecule has 1 saturated heterocycles. The average molecular weight is 460 g/mol. The van der Waals surface area contributed by atoms with E-state index in [1.54, 1.807) is 14.2 Å². The number of amides is 1. The maximum atomic E-state index is 13.1. The van der Waals surface area contributed by atoms with Crippen LogP contribution in [0.2, 0.25) is 0 Å². The Hall–Kier alpha value is -3.35. The van der Waals surface area contributed by atoms with E-state index in [4.69, 9.17) is 9.47 Å². The van der Waals surface area contributed by atoms with Gasteiger partial charge in [-0.2, -0.15) is 0 Å². The molecule has 0 radical (unpaired) electrons. The molecule has 1 N–H and O–H groups in total. The van der Waals surface area contributed by atoms with E-state index >= 15 is 0 Å². The van der Waals surface area contributed by atoms with Crippen LogP contribution in [0.3, 0.4) is 0 Å². The number of rotatable bonds is 8. The summed E-state index contributed by atoms with van der Waals surface area (Å²) < 4.78 is 10.9. The summed E-state index contributed by atoms with van der Waals surface area (Å²) in [6, 6.07) is 23.8. The molecule has 0 aromatic heterocycles. The van der Waals surface area contributed by atoms with Gasteiger partial charge in [0.1, 0.15) is 11.5 Å². The monoisotopic (exact) mass is 459 g/mol. The van der Waals surface area contributed by atoms with Gasteiger partial charge in [-0.3, -0.25) is 14.6 Å². The van der Waals surface area contributed by atoms with Crippen molar-refractivity contribution < 1.29 is 14.3 Å². The third-order valence-corrected chi connectivity index (χ3v) is 6.49. The van der Waals surface area contributed by atoms with Crippen LogP contribution >= 0.6 is 0 Å². The number of hydrogen-bond donors (Lipinski definition) is 1. The van der Waals surface area contributed by atoms with Crippen LogP contribution in [0, 0.1) is 0 Å². The zero-order chi connectivity index (χ0) is 23.9. The molecule has 4 rings (SSSR count). The highest BCUT2D eigenvalue weighted by atomic mass is 16.5. The zero-order valence-electron chi connectivity index (χ0n) is 20.2. The summed E-state index contributed by atoms with van der Waals surface area (Å²) >= 11 is 0. The fraction of sp³-hybridized carbons (Fsp3) is 0.321. The highest BCUT2D eigenvalue weighted by Gasteiger charge is 2.26. The standard InChI is InChI=1S/C28H33N3O3/c1-21(28(32)29-26-12-8-7-11-25(26)22-9-5-4-6-10-22)31-17-15-30(16-18-31)20-23-19-24(33-2)13-14-27(23)34-3/h4-14,19,21H,15-18,20H2,1-3H3,(H,29,32). The van der Waals surface area contributed by atoms with Crippen LogP contribution in [0.4, 0.5) is 5.69 Å². The first-order valence-electron chi connectivity index (χ1n) is 11.7. The van der Waals surface area contributed by atoms with Crippen LogP contribution in [0.25, 0.3) is 11.1 Å². The van der Waals surface area contributed by atoms with Crippen LogP contribution in [-0.4, -0.2) is 62.1 Å². The number of methoxy groups -OCH3 is 2. The van der Waals surface area contributed by atoms with Crippen LogP contribution in [0.5, 0.6) is 11.5 Å². The van der Waals surface area contributed by atoms with E-state index in [1.807, 2.05) is 67.6 Å². The summed E-state index contributed by atoms with van der Waals surface area (Å²) in [4.78, 5) is 17.8. The summed E-state index contributed by atoms with van der Waals surface area (Å²) in [7, 11) is 3.37. The van der Waals surface area contributed by atoms with E-state index in [9.17, 15) is 4.79 Å².